The molecule has 9 heteroatoms. The second-order valence-electron chi connectivity index (χ2n) is 12.8. The highest BCUT2D eigenvalue weighted by molar-refractivity contribution is 7.47. The Morgan fingerprint density at radius 1 is 0.681 bits per heavy atom. The maximum atomic E-state index is 12.6. The second-order valence-corrected chi connectivity index (χ2v) is 14.2. The SMILES string of the molecule is CCCCCCCCCCC/C=C/CC/C=C/CC/C=C/C(O)C(COP(=O)(O)OCCN)NC(=O)CCCCCCCCCCC. The summed E-state index contributed by atoms with van der Waals surface area (Å²) in [6.07, 6.45) is 39.1. The van der Waals surface area contributed by atoms with Crippen LogP contribution in [0.15, 0.2) is 36.5 Å². The number of unbranched alkanes of at least 4 members (excludes halogenated alkanes) is 19. The molecule has 0 bridgehead atoms. The lowest BCUT2D eigenvalue weighted by atomic mass is 10.1. The topological polar surface area (TPSA) is 131 Å². The molecule has 3 atom stereocenters. The van der Waals surface area contributed by atoms with Gasteiger partial charge in [-0.3, -0.25) is 13.8 Å². The van der Waals surface area contributed by atoms with E-state index in [0.717, 1.165) is 44.9 Å². The number of amides is 1. The van der Waals surface area contributed by atoms with E-state index in [2.05, 4.69) is 43.5 Å². The highest BCUT2D eigenvalue weighted by Gasteiger charge is 2.26. The molecule has 0 fully saturated rings. The first-order valence-corrected chi connectivity index (χ1v) is 20.6. The van der Waals surface area contributed by atoms with Gasteiger partial charge >= 0.3 is 7.82 Å². The Morgan fingerprint density at radius 3 is 1.64 bits per heavy atom. The highest BCUT2D eigenvalue weighted by atomic mass is 31.2. The summed E-state index contributed by atoms with van der Waals surface area (Å²) < 4.78 is 22.0. The van der Waals surface area contributed by atoms with Crippen LogP contribution in [0, 0.1) is 0 Å². The highest BCUT2D eigenvalue weighted by Crippen LogP contribution is 2.43. The summed E-state index contributed by atoms with van der Waals surface area (Å²) in [5.74, 6) is -0.213. The summed E-state index contributed by atoms with van der Waals surface area (Å²) in [6, 6.07) is -0.878. The van der Waals surface area contributed by atoms with Crippen LogP contribution < -0.4 is 11.1 Å². The molecule has 0 heterocycles. The van der Waals surface area contributed by atoms with Crippen molar-refractivity contribution in [3.05, 3.63) is 36.5 Å². The summed E-state index contributed by atoms with van der Waals surface area (Å²) in [5.41, 5.74) is 5.34. The van der Waals surface area contributed by atoms with Gasteiger partial charge < -0.3 is 21.1 Å². The lowest BCUT2D eigenvalue weighted by Gasteiger charge is -2.23. The van der Waals surface area contributed by atoms with E-state index in [-0.39, 0.29) is 25.7 Å². The molecule has 0 aliphatic rings. The lowest BCUT2D eigenvalue weighted by molar-refractivity contribution is -0.123. The van der Waals surface area contributed by atoms with Gasteiger partial charge in [-0.05, 0) is 44.9 Å². The average Bonchev–Trinajstić information content (AvgIpc) is 3.05. The van der Waals surface area contributed by atoms with E-state index in [9.17, 15) is 19.4 Å². The van der Waals surface area contributed by atoms with E-state index in [0.29, 0.717) is 6.42 Å². The fourth-order valence-electron chi connectivity index (χ4n) is 5.28. The van der Waals surface area contributed by atoms with E-state index in [1.165, 1.54) is 103 Å². The second kappa shape index (κ2) is 34.6. The fraction of sp³-hybridized carbons (Fsp3) is 0.816. The zero-order valence-corrected chi connectivity index (χ0v) is 31.2. The molecule has 0 aromatic heterocycles. The summed E-state index contributed by atoms with van der Waals surface area (Å²) >= 11 is 0. The van der Waals surface area contributed by atoms with E-state index in [1.807, 2.05) is 6.08 Å². The van der Waals surface area contributed by atoms with Gasteiger partial charge in [-0.15, -0.1) is 0 Å². The fourth-order valence-corrected chi connectivity index (χ4v) is 6.04. The molecule has 47 heavy (non-hydrogen) atoms. The van der Waals surface area contributed by atoms with Crippen LogP contribution >= 0.6 is 7.82 Å². The summed E-state index contributed by atoms with van der Waals surface area (Å²) in [7, 11) is -4.34. The Kier molecular flexibility index (Phi) is 33.6. The number of phosphoric acid groups is 1. The molecule has 0 aliphatic heterocycles. The van der Waals surface area contributed by atoms with Crippen molar-refractivity contribution >= 4 is 13.7 Å². The zero-order valence-electron chi connectivity index (χ0n) is 30.3. The van der Waals surface area contributed by atoms with Crippen LogP contribution in [-0.4, -0.2) is 47.8 Å². The number of phosphoric ester groups is 1. The number of rotatable bonds is 35. The minimum atomic E-state index is -4.34. The average molecular weight is 685 g/mol. The number of hydrogen-bond acceptors (Lipinski definition) is 6. The quantitative estimate of drug-likeness (QED) is 0.0297. The van der Waals surface area contributed by atoms with Gasteiger partial charge in [0.2, 0.25) is 5.91 Å². The molecule has 3 unspecified atom stereocenters. The number of nitrogens with two attached hydrogens (primary N) is 1. The summed E-state index contributed by atoms with van der Waals surface area (Å²) in [4.78, 5) is 22.5. The molecular weight excluding hydrogens is 611 g/mol. The largest absolute Gasteiger partial charge is 0.472 e. The third-order valence-electron chi connectivity index (χ3n) is 8.20. The van der Waals surface area contributed by atoms with Gasteiger partial charge in [0.25, 0.3) is 0 Å². The van der Waals surface area contributed by atoms with Crippen LogP contribution in [0.2, 0.25) is 0 Å². The van der Waals surface area contributed by atoms with Crippen molar-refractivity contribution in [3.63, 3.8) is 0 Å². The van der Waals surface area contributed by atoms with Crippen molar-refractivity contribution in [2.45, 2.75) is 180 Å². The van der Waals surface area contributed by atoms with E-state index in [1.54, 1.807) is 6.08 Å². The number of aliphatic hydroxyl groups excluding tert-OH is 1. The van der Waals surface area contributed by atoms with E-state index >= 15 is 0 Å². The number of carbonyl (C=O) groups excluding carboxylic acids is 1. The standard InChI is InChI=1S/C38H73N2O6P/c1-3-5-7-9-11-13-14-15-16-17-18-19-20-21-22-24-25-27-29-31-37(41)36(35-46-47(43,44)45-34-33-39)40-38(42)32-30-28-26-23-12-10-8-6-4-2/h18-19,22,24,29,31,36-37,41H,3-17,20-21,23,25-28,30,32-35,39H2,1-2H3,(H,40,42)(H,43,44)/b19-18+,24-22+,31-29+. The van der Waals surface area contributed by atoms with Gasteiger partial charge in [0.1, 0.15) is 0 Å². The molecule has 0 aliphatic carbocycles. The molecule has 0 rings (SSSR count). The van der Waals surface area contributed by atoms with Crippen LogP contribution in [0.4, 0.5) is 0 Å². The Balaban J connectivity index is 4.34. The monoisotopic (exact) mass is 685 g/mol. The predicted octanol–water partition coefficient (Wildman–Crippen LogP) is 10.00. The first-order valence-electron chi connectivity index (χ1n) is 19.1. The molecule has 0 spiro atoms. The smallest absolute Gasteiger partial charge is 0.387 e. The molecule has 5 N–H and O–H groups in total. The normalized spacial score (nSPS) is 14.7. The van der Waals surface area contributed by atoms with Crippen molar-refractivity contribution in [1.82, 2.24) is 5.32 Å². The van der Waals surface area contributed by atoms with Crippen molar-refractivity contribution in [2.24, 2.45) is 5.73 Å². The zero-order chi connectivity index (χ0) is 34.7. The first-order chi connectivity index (χ1) is 22.9. The Bertz CT molecular complexity index is 835. The van der Waals surface area contributed by atoms with E-state index in [4.69, 9.17) is 14.8 Å². The molecule has 0 aromatic carbocycles. The lowest BCUT2D eigenvalue weighted by Crippen LogP contribution is -2.45. The molecule has 0 radical (unpaired) electrons. The Labute approximate surface area is 289 Å². The number of hydrogen-bond donors (Lipinski definition) is 4. The van der Waals surface area contributed by atoms with Gasteiger partial charge in [-0.1, -0.05) is 153 Å². The number of nitrogens with one attached hydrogen (secondary N) is 1. The maximum Gasteiger partial charge on any atom is 0.472 e. The van der Waals surface area contributed by atoms with Gasteiger partial charge in [0, 0.05) is 13.0 Å². The van der Waals surface area contributed by atoms with Crippen molar-refractivity contribution in [3.8, 4) is 0 Å². The maximum absolute atomic E-state index is 12.6. The minimum Gasteiger partial charge on any atom is -0.387 e. The summed E-state index contributed by atoms with van der Waals surface area (Å²) in [5, 5.41) is 13.5. The number of allylic oxidation sites excluding steroid dienone is 5. The van der Waals surface area contributed by atoms with Crippen LogP contribution in [0.3, 0.4) is 0 Å². The molecule has 0 saturated heterocycles. The summed E-state index contributed by atoms with van der Waals surface area (Å²) in [6.45, 7) is 4.06. The molecule has 0 saturated carbocycles. The van der Waals surface area contributed by atoms with Gasteiger partial charge in [0.15, 0.2) is 0 Å². The third-order valence-corrected chi connectivity index (χ3v) is 9.18. The molecule has 8 nitrogen and oxygen atoms in total. The number of carbonyl (C=O) groups is 1. The van der Waals surface area contributed by atoms with E-state index < -0.39 is 20.0 Å². The van der Waals surface area contributed by atoms with Crippen LogP contribution in [0.1, 0.15) is 168 Å². The van der Waals surface area contributed by atoms with Crippen LogP contribution in [0.25, 0.3) is 0 Å². The van der Waals surface area contributed by atoms with Crippen LogP contribution in [-0.2, 0) is 18.4 Å². The van der Waals surface area contributed by atoms with Crippen LogP contribution in [0.5, 0.6) is 0 Å². The molecule has 1 amide bonds. The van der Waals surface area contributed by atoms with Crippen molar-refractivity contribution in [2.75, 3.05) is 19.8 Å². The molecular formula is C38H73N2O6P. The van der Waals surface area contributed by atoms with Crippen molar-refractivity contribution in [1.29, 1.82) is 0 Å². The first kappa shape index (κ1) is 45.7. The van der Waals surface area contributed by atoms with Gasteiger partial charge in [-0.2, -0.15) is 0 Å². The van der Waals surface area contributed by atoms with Gasteiger partial charge in [-0.25, -0.2) is 4.57 Å². The Morgan fingerprint density at radius 2 is 1.13 bits per heavy atom. The number of aliphatic hydroxyl groups is 1. The Hall–Kier alpha value is -1.28. The minimum absolute atomic E-state index is 0.0721. The predicted molar refractivity (Wildman–Crippen MR) is 198 cm³/mol. The van der Waals surface area contributed by atoms with Gasteiger partial charge in [0.05, 0.1) is 25.4 Å². The third kappa shape index (κ3) is 33.0. The molecule has 0 aromatic rings. The van der Waals surface area contributed by atoms with Crippen molar-refractivity contribution < 1.29 is 28.4 Å². The molecule has 276 valence electrons.